The molecule has 0 aliphatic heterocycles. The molecule has 5 heteroatoms. The van der Waals surface area contributed by atoms with E-state index in [9.17, 15) is 4.79 Å². The summed E-state index contributed by atoms with van der Waals surface area (Å²) in [6, 6.07) is 12.1. The van der Waals surface area contributed by atoms with E-state index in [2.05, 4.69) is 21.9 Å². The molecule has 3 rings (SSSR count). The van der Waals surface area contributed by atoms with Gasteiger partial charge in [0, 0.05) is 23.7 Å². The number of nitrogens with zero attached hydrogens (tertiary/aromatic N) is 2. The van der Waals surface area contributed by atoms with Crippen LogP contribution < -0.4 is 5.32 Å². The molecule has 0 fully saturated rings. The van der Waals surface area contributed by atoms with Crippen LogP contribution in [0.5, 0.6) is 0 Å². The molecule has 1 aromatic carbocycles. The predicted molar refractivity (Wildman–Crippen MR) is 93.4 cm³/mol. The molecule has 0 bridgehead atoms. The molecule has 0 unspecified atom stereocenters. The summed E-state index contributed by atoms with van der Waals surface area (Å²) in [7, 11) is 0. The van der Waals surface area contributed by atoms with Crippen molar-refractivity contribution in [3.8, 4) is 11.3 Å². The minimum atomic E-state index is 0.0424. The van der Waals surface area contributed by atoms with Crippen LogP contribution in [0.25, 0.3) is 11.3 Å². The Labute approximate surface area is 139 Å². The molecule has 0 aliphatic rings. The molecule has 0 saturated carbocycles. The average Bonchev–Trinajstić information content (AvgIpc) is 3.18. The van der Waals surface area contributed by atoms with Gasteiger partial charge in [-0.2, -0.15) is 16.4 Å². The van der Waals surface area contributed by atoms with E-state index >= 15 is 0 Å². The first-order chi connectivity index (χ1) is 11.2. The van der Waals surface area contributed by atoms with Gasteiger partial charge in [-0.3, -0.25) is 9.48 Å². The summed E-state index contributed by atoms with van der Waals surface area (Å²) in [5, 5.41) is 11.6. The lowest BCUT2D eigenvalue weighted by atomic mass is 10.1. The van der Waals surface area contributed by atoms with Crippen LogP contribution in [-0.4, -0.2) is 22.2 Å². The van der Waals surface area contributed by atoms with Gasteiger partial charge in [-0.1, -0.05) is 29.8 Å². The Morgan fingerprint density at radius 3 is 3.00 bits per heavy atom. The van der Waals surface area contributed by atoms with E-state index in [0.29, 0.717) is 19.5 Å². The van der Waals surface area contributed by atoms with Gasteiger partial charge in [0.15, 0.2) is 0 Å². The van der Waals surface area contributed by atoms with Gasteiger partial charge in [0.2, 0.25) is 5.91 Å². The van der Waals surface area contributed by atoms with E-state index in [4.69, 9.17) is 0 Å². The Balaban J connectivity index is 1.47. The average molecular weight is 325 g/mol. The molecule has 0 saturated heterocycles. The maximum atomic E-state index is 12.0. The molecule has 1 amide bonds. The van der Waals surface area contributed by atoms with Crippen molar-refractivity contribution >= 4 is 17.2 Å². The third-order valence-electron chi connectivity index (χ3n) is 3.57. The highest BCUT2D eigenvalue weighted by Crippen LogP contribution is 2.19. The van der Waals surface area contributed by atoms with E-state index in [0.717, 1.165) is 16.8 Å². The molecular formula is C18H19N3OS. The first kappa shape index (κ1) is 15.5. The highest BCUT2D eigenvalue weighted by molar-refractivity contribution is 7.08. The lowest BCUT2D eigenvalue weighted by Gasteiger charge is -2.06. The number of benzene rings is 1. The van der Waals surface area contributed by atoms with Gasteiger partial charge in [0.05, 0.1) is 18.7 Å². The zero-order valence-corrected chi connectivity index (χ0v) is 13.8. The number of nitrogens with one attached hydrogen (secondary N) is 1. The molecule has 0 atom stereocenters. The lowest BCUT2D eigenvalue weighted by molar-refractivity contribution is -0.120. The highest BCUT2D eigenvalue weighted by Gasteiger charge is 2.05. The number of hydrogen-bond donors (Lipinski definition) is 1. The number of carbonyl (C=O) groups excluding carboxylic acids is 1. The Kier molecular flexibility index (Phi) is 4.88. The predicted octanol–water partition coefficient (Wildman–Crippen LogP) is 3.28. The van der Waals surface area contributed by atoms with Crippen molar-refractivity contribution in [3.63, 3.8) is 0 Å². The highest BCUT2D eigenvalue weighted by atomic mass is 32.1. The molecule has 1 N–H and O–H groups in total. The maximum Gasteiger partial charge on any atom is 0.224 e. The minimum absolute atomic E-state index is 0.0424. The normalized spacial score (nSPS) is 10.7. The number of amides is 1. The summed E-state index contributed by atoms with van der Waals surface area (Å²) >= 11 is 1.66. The van der Waals surface area contributed by atoms with Crippen LogP contribution in [0.3, 0.4) is 0 Å². The zero-order chi connectivity index (χ0) is 16.1. The number of aryl methyl sites for hydroxylation is 1. The maximum absolute atomic E-state index is 12.0. The molecule has 0 spiro atoms. The van der Waals surface area contributed by atoms with Crippen LogP contribution in [0.1, 0.15) is 11.1 Å². The molecule has 2 heterocycles. The molecule has 3 aromatic rings. The first-order valence-electron chi connectivity index (χ1n) is 7.59. The summed E-state index contributed by atoms with van der Waals surface area (Å²) in [5.41, 5.74) is 4.32. The van der Waals surface area contributed by atoms with Crippen LogP contribution in [0.2, 0.25) is 0 Å². The van der Waals surface area contributed by atoms with E-state index in [-0.39, 0.29) is 5.91 Å². The summed E-state index contributed by atoms with van der Waals surface area (Å²) in [6.45, 7) is 3.28. The van der Waals surface area contributed by atoms with Gasteiger partial charge in [-0.25, -0.2) is 0 Å². The van der Waals surface area contributed by atoms with Crippen molar-refractivity contribution in [1.82, 2.24) is 15.1 Å². The molecule has 4 nitrogen and oxygen atoms in total. The van der Waals surface area contributed by atoms with E-state index in [1.165, 1.54) is 5.56 Å². The standard InChI is InChI=1S/C18H19N3OS/c1-14-3-2-4-15(11-14)12-18(22)19-7-9-21-8-5-17(20-21)16-6-10-23-13-16/h2-6,8,10-11,13H,7,9,12H2,1H3,(H,19,22). The molecule has 0 radical (unpaired) electrons. The van der Waals surface area contributed by atoms with Crippen LogP contribution in [0, 0.1) is 6.92 Å². The van der Waals surface area contributed by atoms with Crippen LogP contribution in [0.15, 0.2) is 53.4 Å². The van der Waals surface area contributed by atoms with Crippen LogP contribution in [-0.2, 0) is 17.8 Å². The van der Waals surface area contributed by atoms with Crippen molar-refractivity contribution in [2.75, 3.05) is 6.54 Å². The Bertz CT molecular complexity index is 777. The minimum Gasteiger partial charge on any atom is -0.354 e. The largest absolute Gasteiger partial charge is 0.354 e. The van der Waals surface area contributed by atoms with Crippen LogP contribution in [0.4, 0.5) is 0 Å². The SMILES string of the molecule is Cc1cccc(CC(=O)NCCn2ccc(-c3ccsc3)n2)c1. The molecule has 23 heavy (non-hydrogen) atoms. The van der Waals surface area contributed by atoms with E-state index in [1.54, 1.807) is 11.3 Å². The van der Waals surface area contributed by atoms with Gasteiger partial charge in [0.1, 0.15) is 0 Å². The van der Waals surface area contributed by atoms with Crippen molar-refractivity contribution in [2.24, 2.45) is 0 Å². The Hall–Kier alpha value is -2.40. The third kappa shape index (κ3) is 4.29. The summed E-state index contributed by atoms with van der Waals surface area (Å²) in [6.07, 6.45) is 2.36. The lowest BCUT2D eigenvalue weighted by Crippen LogP contribution is -2.28. The number of rotatable bonds is 6. The molecule has 0 aliphatic carbocycles. The number of carbonyl (C=O) groups is 1. The fraction of sp³-hybridized carbons (Fsp3) is 0.222. The van der Waals surface area contributed by atoms with E-state index < -0.39 is 0 Å². The van der Waals surface area contributed by atoms with Crippen molar-refractivity contribution in [1.29, 1.82) is 0 Å². The van der Waals surface area contributed by atoms with E-state index in [1.807, 2.05) is 53.5 Å². The van der Waals surface area contributed by atoms with Gasteiger partial charge < -0.3 is 5.32 Å². The quantitative estimate of drug-likeness (QED) is 0.756. The van der Waals surface area contributed by atoms with Crippen molar-refractivity contribution in [3.05, 3.63) is 64.5 Å². The third-order valence-corrected chi connectivity index (χ3v) is 4.25. The van der Waals surface area contributed by atoms with Gasteiger partial charge >= 0.3 is 0 Å². The molecular weight excluding hydrogens is 306 g/mol. The van der Waals surface area contributed by atoms with Gasteiger partial charge in [0.25, 0.3) is 0 Å². The number of aromatic nitrogens is 2. The first-order valence-corrected chi connectivity index (χ1v) is 8.53. The summed E-state index contributed by atoms with van der Waals surface area (Å²) < 4.78 is 1.86. The van der Waals surface area contributed by atoms with Crippen LogP contribution >= 0.6 is 11.3 Å². The second-order valence-corrected chi connectivity index (χ2v) is 6.27. The summed E-state index contributed by atoms with van der Waals surface area (Å²) in [4.78, 5) is 12.0. The monoisotopic (exact) mass is 325 g/mol. The van der Waals surface area contributed by atoms with Gasteiger partial charge in [-0.15, -0.1) is 0 Å². The molecule has 2 aromatic heterocycles. The zero-order valence-electron chi connectivity index (χ0n) is 13.0. The number of hydrogen-bond acceptors (Lipinski definition) is 3. The topological polar surface area (TPSA) is 46.9 Å². The van der Waals surface area contributed by atoms with Gasteiger partial charge in [-0.05, 0) is 30.0 Å². The second kappa shape index (κ2) is 7.24. The fourth-order valence-corrected chi connectivity index (χ4v) is 3.08. The Morgan fingerprint density at radius 2 is 2.22 bits per heavy atom. The summed E-state index contributed by atoms with van der Waals surface area (Å²) in [5.74, 6) is 0.0424. The fourth-order valence-electron chi connectivity index (χ4n) is 2.43. The van der Waals surface area contributed by atoms with Crippen molar-refractivity contribution < 1.29 is 4.79 Å². The van der Waals surface area contributed by atoms with Crippen molar-refractivity contribution in [2.45, 2.75) is 19.9 Å². The number of thiophene rings is 1. The Morgan fingerprint density at radius 1 is 1.30 bits per heavy atom. The second-order valence-electron chi connectivity index (χ2n) is 5.49. The molecule has 118 valence electrons. The smallest absolute Gasteiger partial charge is 0.224 e.